The summed E-state index contributed by atoms with van der Waals surface area (Å²) in [6.07, 6.45) is 3.57. The maximum absolute atomic E-state index is 4.21. The molecule has 0 amide bonds. The molecule has 0 saturated carbocycles. The van der Waals surface area contributed by atoms with Gasteiger partial charge in [-0.25, -0.2) is 0 Å². The van der Waals surface area contributed by atoms with Crippen LogP contribution in [-0.4, -0.2) is 15.2 Å². The summed E-state index contributed by atoms with van der Waals surface area (Å²) >= 11 is 3.32. The number of thioether (sulfide) groups is 1. The molecule has 0 aliphatic carbocycles. The van der Waals surface area contributed by atoms with Crippen molar-refractivity contribution in [1.29, 1.82) is 0 Å². The predicted octanol–water partition coefficient (Wildman–Crippen LogP) is 3.89. The van der Waals surface area contributed by atoms with Crippen molar-refractivity contribution in [3.8, 4) is 10.6 Å². The SMILES string of the molecule is c1ccc(CSc2nnc(-c3cccnc3)s2)cc1. The van der Waals surface area contributed by atoms with Gasteiger partial charge >= 0.3 is 0 Å². The van der Waals surface area contributed by atoms with Gasteiger partial charge in [0.2, 0.25) is 0 Å². The van der Waals surface area contributed by atoms with Crippen LogP contribution in [-0.2, 0) is 5.75 Å². The van der Waals surface area contributed by atoms with Crippen LogP contribution in [0.2, 0.25) is 0 Å². The molecule has 2 heterocycles. The monoisotopic (exact) mass is 285 g/mol. The standard InChI is InChI=1S/C14H11N3S2/c1-2-5-11(6-3-1)10-18-14-17-16-13(19-14)12-7-4-8-15-9-12/h1-9H,10H2. The van der Waals surface area contributed by atoms with Crippen molar-refractivity contribution in [3.63, 3.8) is 0 Å². The highest BCUT2D eigenvalue weighted by Crippen LogP contribution is 2.30. The molecule has 3 aromatic rings. The topological polar surface area (TPSA) is 38.7 Å². The molecule has 5 heteroatoms. The van der Waals surface area contributed by atoms with Crippen molar-refractivity contribution >= 4 is 23.1 Å². The van der Waals surface area contributed by atoms with E-state index >= 15 is 0 Å². The summed E-state index contributed by atoms with van der Waals surface area (Å²) in [6, 6.07) is 14.3. The number of rotatable bonds is 4. The van der Waals surface area contributed by atoms with Crippen molar-refractivity contribution < 1.29 is 0 Å². The highest BCUT2D eigenvalue weighted by molar-refractivity contribution is 8.00. The van der Waals surface area contributed by atoms with E-state index in [9.17, 15) is 0 Å². The average Bonchev–Trinajstić information content (AvgIpc) is 2.96. The minimum atomic E-state index is 0.919. The second-order valence-electron chi connectivity index (χ2n) is 3.89. The van der Waals surface area contributed by atoms with Crippen LogP contribution in [0.3, 0.4) is 0 Å². The lowest BCUT2D eigenvalue weighted by atomic mass is 10.2. The van der Waals surface area contributed by atoms with Crippen LogP contribution >= 0.6 is 23.1 Å². The van der Waals surface area contributed by atoms with E-state index in [1.54, 1.807) is 29.3 Å². The first kappa shape index (κ1) is 12.3. The van der Waals surface area contributed by atoms with Crippen LogP contribution < -0.4 is 0 Å². The molecule has 0 unspecified atom stereocenters. The molecule has 0 atom stereocenters. The minimum Gasteiger partial charge on any atom is -0.264 e. The Hall–Kier alpha value is -1.72. The molecule has 94 valence electrons. The Bertz CT molecular complexity index is 638. The van der Waals surface area contributed by atoms with Crippen LogP contribution in [0.25, 0.3) is 10.6 Å². The second kappa shape index (κ2) is 5.95. The Labute approximate surface area is 119 Å². The predicted molar refractivity (Wildman–Crippen MR) is 79.1 cm³/mol. The molecule has 0 fully saturated rings. The van der Waals surface area contributed by atoms with E-state index in [0.717, 1.165) is 20.7 Å². The zero-order valence-electron chi connectivity index (χ0n) is 10.1. The van der Waals surface area contributed by atoms with E-state index in [1.165, 1.54) is 5.56 Å². The molecule has 0 aliphatic heterocycles. The number of hydrogen-bond donors (Lipinski definition) is 0. The molecule has 2 aromatic heterocycles. The van der Waals surface area contributed by atoms with Crippen molar-refractivity contribution in [3.05, 3.63) is 60.4 Å². The van der Waals surface area contributed by atoms with E-state index in [2.05, 4.69) is 39.4 Å². The third kappa shape index (κ3) is 3.19. The molecule has 0 saturated heterocycles. The van der Waals surface area contributed by atoms with Gasteiger partial charge in [0.05, 0.1) is 0 Å². The molecular formula is C14H11N3S2. The molecule has 0 aliphatic rings. The second-order valence-corrected chi connectivity index (χ2v) is 6.09. The number of nitrogens with zero attached hydrogens (tertiary/aromatic N) is 3. The lowest BCUT2D eigenvalue weighted by Gasteiger charge is -1.96. The summed E-state index contributed by atoms with van der Waals surface area (Å²) < 4.78 is 0.989. The number of hydrogen-bond acceptors (Lipinski definition) is 5. The summed E-state index contributed by atoms with van der Waals surface area (Å²) in [5.74, 6) is 0.919. The summed E-state index contributed by atoms with van der Waals surface area (Å²) in [5.41, 5.74) is 2.32. The molecule has 1 aromatic carbocycles. The van der Waals surface area contributed by atoms with Crippen LogP contribution in [0.5, 0.6) is 0 Å². The van der Waals surface area contributed by atoms with Crippen molar-refractivity contribution in [2.45, 2.75) is 10.1 Å². The Morgan fingerprint density at radius 2 is 1.89 bits per heavy atom. The summed E-state index contributed by atoms with van der Waals surface area (Å²) in [6.45, 7) is 0. The number of pyridine rings is 1. The summed E-state index contributed by atoms with van der Waals surface area (Å²) in [5, 5.41) is 9.34. The van der Waals surface area contributed by atoms with Gasteiger partial charge in [0.1, 0.15) is 5.01 Å². The van der Waals surface area contributed by atoms with Crippen molar-refractivity contribution in [2.75, 3.05) is 0 Å². The largest absolute Gasteiger partial charge is 0.264 e. The molecule has 19 heavy (non-hydrogen) atoms. The van der Waals surface area contributed by atoms with Gasteiger partial charge in [-0.15, -0.1) is 10.2 Å². The van der Waals surface area contributed by atoms with Gasteiger partial charge in [0.25, 0.3) is 0 Å². The lowest BCUT2D eigenvalue weighted by Crippen LogP contribution is -1.79. The van der Waals surface area contributed by atoms with Crippen LogP contribution in [0.15, 0.2) is 59.2 Å². The summed E-state index contributed by atoms with van der Waals surface area (Å²) in [4.78, 5) is 4.10. The van der Waals surface area contributed by atoms with E-state index in [1.807, 2.05) is 24.4 Å². The van der Waals surface area contributed by atoms with Crippen LogP contribution in [0.4, 0.5) is 0 Å². The minimum absolute atomic E-state index is 0.919. The molecular weight excluding hydrogens is 274 g/mol. The quantitative estimate of drug-likeness (QED) is 0.682. The zero-order chi connectivity index (χ0) is 12.9. The fourth-order valence-corrected chi connectivity index (χ4v) is 3.39. The molecule has 3 nitrogen and oxygen atoms in total. The fourth-order valence-electron chi connectivity index (χ4n) is 1.59. The highest BCUT2D eigenvalue weighted by atomic mass is 32.2. The maximum Gasteiger partial charge on any atom is 0.174 e. The Balaban J connectivity index is 1.69. The van der Waals surface area contributed by atoms with Crippen molar-refractivity contribution in [1.82, 2.24) is 15.2 Å². The molecule has 0 spiro atoms. The van der Waals surface area contributed by atoms with E-state index in [-0.39, 0.29) is 0 Å². The third-order valence-electron chi connectivity index (χ3n) is 2.52. The first-order valence-electron chi connectivity index (χ1n) is 5.82. The van der Waals surface area contributed by atoms with Crippen molar-refractivity contribution in [2.24, 2.45) is 0 Å². The molecule has 0 N–H and O–H groups in total. The summed E-state index contributed by atoms with van der Waals surface area (Å²) in [7, 11) is 0. The Morgan fingerprint density at radius 1 is 1.00 bits per heavy atom. The number of benzene rings is 1. The smallest absolute Gasteiger partial charge is 0.174 e. The van der Waals surface area contributed by atoms with E-state index < -0.39 is 0 Å². The average molecular weight is 285 g/mol. The number of aromatic nitrogens is 3. The van der Waals surface area contributed by atoms with E-state index in [4.69, 9.17) is 0 Å². The fraction of sp³-hybridized carbons (Fsp3) is 0.0714. The van der Waals surface area contributed by atoms with E-state index in [0.29, 0.717) is 0 Å². The van der Waals surface area contributed by atoms with Gasteiger partial charge in [-0.05, 0) is 17.7 Å². The zero-order valence-corrected chi connectivity index (χ0v) is 11.7. The molecule has 0 radical (unpaired) electrons. The van der Waals surface area contributed by atoms with Gasteiger partial charge in [0.15, 0.2) is 4.34 Å². The van der Waals surface area contributed by atoms with Gasteiger partial charge in [-0.1, -0.05) is 53.4 Å². The molecule has 3 rings (SSSR count). The van der Waals surface area contributed by atoms with Gasteiger partial charge in [-0.3, -0.25) is 4.98 Å². The van der Waals surface area contributed by atoms with Gasteiger partial charge < -0.3 is 0 Å². The normalized spacial score (nSPS) is 10.5. The highest BCUT2D eigenvalue weighted by Gasteiger charge is 2.07. The lowest BCUT2D eigenvalue weighted by molar-refractivity contribution is 1.01. The Kier molecular flexibility index (Phi) is 3.86. The van der Waals surface area contributed by atoms with Crippen LogP contribution in [0, 0.1) is 0 Å². The molecule has 0 bridgehead atoms. The third-order valence-corrected chi connectivity index (χ3v) is 4.70. The van der Waals surface area contributed by atoms with Crippen LogP contribution in [0.1, 0.15) is 5.56 Å². The van der Waals surface area contributed by atoms with Gasteiger partial charge in [0, 0.05) is 23.7 Å². The maximum atomic E-state index is 4.21. The van der Waals surface area contributed by atoms with Gasteiger partial charge in [-0.2, -0.15) is 0 Å². The first-order valence-corrected chi connectivity index (χ1v) is 7.63. The first-order chi connectivity index (χ1) is 9.42. The Morgan fingerprint density at radius 3 is 2.68 bits per heavy atom.